The van der Waals surface area contributed by atoms with Gasteiger partial charge >= 0.3 is 11.8 Å². The average Bonchev–Trinajstić information content (AvgIpc) is 2.45. The van der Waals surface area contributed by atoms with E-state index in [4.69, 9.17) is 4.74 Å². The maximum absolute atomic E-state index is 11.9. The summed E-state index contributed by atoms with van der Waals surface area (Å²) in [6.45, 7) is 4.81. The molecule has 0 unspecified atom stereocenters. The summed E-state index contributed by atoms with van der Waals surface area (Å²) < 4.78 is 5.34. The van der Waals surface area contributed by atoms with E-state index in [9.17, 15) is 14.7 Å². The molecule has 0 bridgehead atoms. The van der Waals surface area contributed by atoms with E-state index in [1.165, 1.54) is 24.1 Å². The largest absolute Gasteiger partial charge is 0.508 e. The van der Waals surface area contributed by atoms with Crippen molar-refractivity contribution in [2.75, 3.05) is 25.1 Å². The number of rotatable bonds is 6. The van der Waals surface area contributed by atoms with Gasteiger partial charge in [-0.3, -0.25) is 9.59 Å². The molecule has 0 radical (unpaired) electrons. The lowest BCUT2D eigenvalue weighted by Gasteiger charge is -2.16. The lowest BCUT2D eigenvalue weighted by Crippen LogP contribution is -2.41. The van der Waals surface area contributed by atoms with Crippen LogP contribution >= 0.6 is 0 Å². The van der Waals surface area contributed by atoms with Gasteiger partial charge in [-0.15, -0.1) is 0 Å². The molecule has 0 fully saturated rings. The zero-order valence-electron chi connectivity index (χ0n) is 12.6. The van der Waals surface area contributed by atoms with Crippen molar-refractivity contribution in [2.24, 2.45) is 0 Å². The normalized spacial score (nSPS) is 10.5. The highest BCUT2D eigenvalue weighted by Crippen LogP contribution is 2.17. The third-order valence-corrected chi connectivity index (χ3v) is 2.79. The number of anilines is 1. The second kappa shape index (κ2) is 8.26. The second-order valence-corrected chi connectivity index (χ2v) is 4.91. The number of aromatic hydroxyl groups is 1. The van der Waals surface area contributed by atoms with Gasteiger partial charge in [0.25, 0.3) is 0 Å². The number of hydrogen-bond donors (Lipinski definition) is 2. The van der Waals surface area contributed by atoms with Gasteiger partial charge in [-0.25, -0.2) is 0 Å². The van der Waals surface area contributed by atoms with Crippen LogP contribution in [0.1, 0.15) is 20.3 Å². The van der Waals surface area contributed by atoms with Crippen molar-refractivity contribution in [3.63, 3.8) is 0 Å². The highest BCUT2D eigenvalue weighted by atomic mass is 16.5. The van der Waals surface area contributed by atoms with Crippen LogP contribution in [0.4, 0.5) is 5.69 Å². The molecule has 0 aromatic heterocycles. The van der Waals surface area contributed by atoms with Gasteiger partial charge in [0.2, 0.25) is 0 Å². The Kier molecular flexibility index (Phi) is 6.68. The van der Waals surface area contributed by atoms with Gasteiger partial charge in [-0.2, -0.15) is 0 Å². The van der Waals surface area contributed by atoms with Gasteiger partial charge in [0.15, 0.2) is 0 Å². The maximum Gasteiger partial charge on any atom is 0.316 e. The highest BCUT2D eigenvalue weighted by Gasteiger charge is 2.19. The van der Waals surface area contributed by atoms with E-state index in [1.807, 2.05) is 13.8 Å². The van der Waals surface area contributed by atoms with Crippen molar-refractivity contribution in [3.8, 4) is 5.75 Å². The number of likely N-dealkylation sites (N-methyl/N-ethyl adjacent to an activating group) is 1. The van der Waals surface area contributed by atoms with Crippen LogP contribution in [0.2, 0.25) is 0 Å². The van der Waals surface area contributed by atoms with E-state index in [2.05, 4.69) is 5.32 Å². The third kappa shape index (κ3) is 5.83. The molecule has 0 aliphatic heterocycles. The first kappa shape index (κ1) is 17.0. The standard InChI is InChI=1S/C15H22N2O4/c1-11(2)21-10-4-9-16-14(19)15(20)17(3)12-5-7-13(18)8-6-12/h5-8,11,18H,4,9-10H2,1-3H3,(H,16,19). The van der Waals surface area contributed by atoms with E-state index >= 15 is 0 Å². The number of benzene rings is 1. The summed E-state index contributed by atoms with van der Waals surface area (Å²) in [4.78, 5) is 24.9. The number of amides is 2. The monoisotopic (exact) mass is 294 g/mol. The Balaban J connectivity index is 2.39. The summed E-state index contributed by atoms with van der Waals surface area (Å²) in [7, 11) is 1.51. The van der Waals surface area contributed by atoms with Crippen molar-refractivity contribution >= 4 is 17.5 Å². The number of carbonyl (C=O) groups is 2. The summed E-state index contributed by atoms with van der Waals surface area (Å²) in [5.41, 5.74) is 0.538. The topological polar surface area (TPSA) is 78.9 Å². The van der Waals surface area contributed by atoms with E-state index in [1.54, 1.807) is 12.1 Å². The van der Waals surface area contributed by atoms with E-state index < -0.39 is 11.8 Å². The van der Waals surface area contributed by atoms with Crippen LogP contribution in [0.25, 0.3) is 0 Å². The molecule has 0 heterocycles. The Morgan fingerprint density at radius 2 is 1.90 bits per heavy atom. The minimum atomic E-state index is -0.657. The van der Waals surface area contributed by atoms with E-state index in [0.29, 0.717) is 25.3 Å². The Bertz CT molecular complexity index is 471. The SMILES string of the molecule is CC(C)OCCCNC(=O)C(=O)N(C)c1ccc(O)cc1. The summed E-state index contributed by atoms with van der Waals surface area (Å²) in [6, 6.07) is 6.05. The van der Waals surface area contributed by atoms with Crippen LogP contribution in [0, 0.1) is 0 Å². The second-order valence-electron chi connectivity index (χ2n) is 4.91. The highest BCUT2D eigenvalue weighted by molar-refractivity contribution is 6.40. The van der Waals surface area contributed by atoms with Gasteiger partial charge in [0, 0.05) is 25.9 Å². The minimum absolute atomic E-state index is 0.106. The molecule has 0 aliphatic rings. The van der Waals surface area contributed by atoms with Crippen LogP contribution in [-0.4, -0.2) is 43.2 Å². The molecule has 0 aliphatic carbocycles. The Morgan fingerprint density at radius 3 is 2.48 bits per heavy atom. The number of nitrogens with zero attached hydrogens (tertiary/aromatic N) is 1. The first-order valence-corrected chi connectivity index (χ1v) is 6.88. The molecule has 1 aromatic rings. The Labute approximate surface area is 124 Å². The summed E-state index contributed by atoms with van der Waals surface area (Å²) in [5, 5.41) is 11.8. The Morgan fingerprint density at radius 1 is 1.29 bits per heavy atom. The van der Waals surface area contributed by atoms with Crippen molar-refractivity contribution in [3.05, 3.63) is 24.3 Å². The van der Waals surface area contributed by atoms with Gasteiger partial charge < -0.3 is 20.1 Å². The molecule has 0 spiro atoms. The number of phenolic OH excluding ortho intramolecular Hbond substituents is 1. The zero-order valence-corrected chi connectivity index (χ0v) is 12.6. The van der Waals surface area contributed by atoms with E-state index in [-0.39, 0.29) is 11.9 Å². The summed E-state index contributed by atoms with van der Waals surface area (Å²) in [5.74, 6) is -1.20. The van der Waals surface area contributed by atoms with Gasteiger partial charge in [-0.1, -0.05) is 0 Å². The smallest absolute Gasteiger partial charge is 0.316 e. The predicted octanol–water partition coefficient (Wildman–Crippen LogP) is 1.29. The van der Waals surface area contributed by atoms with Crippen LogP contribution in [-0.2, 0) is 14.3 Å². The van der Waals surface area contributed by atoms with E-state index in [0.717, 1.165) is 0 Å². The molecule has 6 nitrogen and oxygen atoms in total. The first-order chi connectivity index (χ1) is 9.91. The third-order valence-electron chi connectivity index (χ3n) is 2.79. The molecular formula is C15H22N2O4. The number of ether oxygens (including phenoxy) is 1. The molecule has 0 saturated carbocycles. The predicted molar refractivity (Wildman–Crippen MR) is 80.2 cm³/mol. The van der Waals surface area contributed by atoms with Crippen molar-refractivity contribution in [2.45, 2.75) is 26.4 Å². The molecule has 1 aromatic carbocycles. The zero-order chi connectivity index (χ0) is 15.8. The summed E-state index contributed by atoms with van der Waals surface area (Å²) >= 11 is 0. The number of hydrogen-bond acceptors (Lipinski definition) is 4. The van der Waals surface area contributed by atoms with Crippen LogP contribution in [0.3, 0.4) is 0 Å². The van der Waals surface area contributed by atoms with Gasteiger partial charge in [0.1, 0.15) is 5.75 Å². The lowest BCUT2D eigenvalue weighted by molar-refractivity contribution is -0.137. The van der Waals surface area contributed by atoms with Crippen molar-refractivity contribution in [1.29, 1.82) is 0 Å². The molecule has 21 heavy (non-hydrogen) atoms. The quantitative estimate of drug-likeness (QED) is 0.612. The number of phenols is 1. The van der Waals surface area contributed by atoms with Gasteiger partial charge in [0.05, 0.1) is 6.10 Å². The number of carbonyl (C=O) groups excluding carboxylic acids is 2. The van der Waals surface area contributed by atoms with Crippen LogP contribution in [0.5, 0.6) is 5.75 Å². The average molecular weight is 294 g/mol. The molecule has 1 rings (SSSR count). The van der Waals surface area contributed by atoms with Crippen LogP contribution in [0.15, 0.2) is 24.3 Å². The number of nitrogens with one attached hydrogen (secondary N) is 1. The molecule has 0 saturated heterocycles. The molecule has 116 valence electrons. The molecule has 0 atom stereocenters. The van der Waals surface area contributed by atoms with Crippen molar-refractivity contribution < 1.29 is 19.4 Å². The van der Waals surface area contributed by atoms with Gasteiger partial charge in [-0.05, 0) is 44.5 Å². The minimum Gasteiger partial charge on any atom is -0.508 e. The first-order valence-electron chi connectivity index (χ1n) is 6.88. The van der Waals surface area contributed by atoms with Crippen LogP contribution < -0.4 is 10.2 Å². The van der Waals surface area contributed by atoms with Crippen molar-refractivity contribution in [1.82, 2.24) is 5.32 Å². The Hall–Kier alpha value is -2.08. The fourth-order valence-electron chi connectivity index (χ4n) is 1.61. The maximum atomic E-state index is 11.9. The summed E-state index contributed by atoms with van der Waals surface area (Å²) in [6.07, 6.45) is 0.808. The fraction of sp³-hybridized carbons (Fsp3) is 0.467. The molecular weight excluding hydrogens is 272 g/mol. The molecule has 2 amide bonds. The lowest BCUT2D eigenvalue weighted by atomic mass is 10.2. The molecule has 2 N–H and O–H groups in total. The fourth-order valence-corrected chi connectivity index (χ4v) is 1.61. The molecule has 6 heteroatoms.